The lowest BCUT2D eigenvalue weighted by molar-refractivity contribution is 0.861. The first-order valence-electron chi connectivity index (χ1n) is 5.77. The van der Waals surface area contributed by atoms with Crippen molar-refractivity contribution in [2.24, 2.45) is 0 Å². The number of rotatable bonds is 3. The van der Waals surface area contributed by atoms with E-state index in [0.29, 0.717) is 11.1 Å². The van der Waals surface area contributed by atoms with Crippen molar-refractivity contribution in [3.63, 3.8) is 0 Å². The Morgan fingerprint density at radius 1 is 1.28 bits per heavy atom. The molecule has 94 valence electrons. The number of hydrogen-bond acceptors (Lipinski definition) is 5. The van der Waals surface area contributed by atoms with Crippen LogP contribution in [0, 0.1) is 13.8 Å². The summed E-state index contributed by atoms with van der Waals surface area (Å²) in [5.74, 6) is 1.40. The van der Waals surface area contributed by atoms with Crippen LogP contribution >= 0.6 is 34.7 Å². The van der Waals surface area contributed by atoms with E-state index in [0.717, 1.165) is 26.4 Å². The van der Waals surface area contributed by atoms with Gasteiger partial charge in [0, 0.05) is 22.6 Å². The van der Waals surface area contributed by atoms with Crippen LogP contribution in [0.1, 0.15) is 35.8 Å². The highest BCUT2D eigenvalue weighted by Crippen LogP contribution is 2.41. The third-order valence-corrected chi connectivity index (χ3v) is 5.30. The van der Waals surface area contributed by atoms with Gasteiger partial charge in [-0.3, -0.25) is 0 Å². The van der Waals surface area contributed by atoms with Gasteiger partial charge in [0.1, 0.15) is 16.0 Å². The zero-order chi connectivity index (χ0) is 12.7. The summed E-state index contributed by atoms with van der Waals surface area (Å²) in [6.45, 7) is 3.96. The second-order valence-electron chi connectivity index (χ2n) is 4.43. The molecule has 0 amide bonds. The Morgan fingerprint density at radius 3 is 2.67 bits per heavy atom. The molecule has 1 fully saturated rings. The van der Waals surface area contributed by atoms with Gasteiger partial charge in [-0.05, 0) is 38.5 Å². The van der Waals surface area contributed by atoms with Crippen LogP contribution in [0.5, 0.6) is 0 Å². The van der Waals surface area contributed by atoms with Gasteiger partial charge in [0.15, 0.2) is 4.34 Å². The second kappa shape index (κ2) is 4.79. The van der Waals surface area contributed by atoms with Crippen molar-refractivity contribution in [2.45, 2.75) is 42.0 Å². The molecule has 0 radical (unpaired) electrons. The average molecular weight is 298 g/mol. The van der Waals surface area contributed by atoms with Crippen molar-refractivity contribution in [1.82, 2.24) is 15.0 Å². The molecule has 0 bridgehead atoms. The second-order valence-corrected chi connectivity index (χ2v) is 6.89. The summed E-state index contributed by atoms with van der Waals surface area (Å²) in [6.07, 6.45) is 2.36. The zero-order valence-electron chi connectivity index (χ0n) is 10.1. The molecule has 2 heterocycles. The average Bonchev–Trinajstić information content (AvgIpc) is 3.10. The SMILES string of the molecule is Cc1csc(Sc2nc(C3CC3)nc(Cl)c2C)n1. The largest absolute Gasteiger partial charge is 0.235 e. The maximum Gasteiger partial charge on any atom is 0.156 e. The highest BCUT2D eigenvalue weighted by Gasteiger charge is 2.28. The summed E-state index contributed by atoms with van der Waals surface area (Å²) < 4.78 is 1.01. The molecule has 2 aromatic heterocycles. The fourth-order valence-electron chi connectivity index (χ4n) is 1.57. The minimum atomic E-state index is 0.514. The minimum Gasteiger partial charge on any atom is -0.235 e. The fourth-order valence-corrected chi connectivity index (χ4v) is 3.64. The molecule has 18 heavy (non-hydrogen) atoms. The predicted molar refractivity (Wildman–Crippen MR) is 74.7 cm³/mol. The molecule has 0 N–H and O–H groups in total. The highest BCUT2D eigenvalue weighted by molar-refractivity contribution is 8.01. The van der Waals surface area contributed by atoms with E-state index in [9.17, 15) is 0 Å². The molecule has 1 aliphatic carbocycles. The molecule has 3 rings (SSSR count). The van der Waals surface area contributed by atoms with Crippen molar-refractivity contribution >= 4 is 34.7 Å². The fraction of sp³-hybridized carbons (Fsp3) is 0.417. The first-order chi connectivity index (χ1) is 8.63. The van der Waals surface area contributed by atoms with Crippen molar-refractivity contribution in [2.75, 3.05) is 0 Å². The molecule has 0 aromatic carbocycles. The normalized spacial score (nSPS) is 15.1. The van der Waals surface area contributed by atoms with Crippen LogP contribution in [0.25, 0.3) is 0 Å². The third kappa shape index (κ3) is 2.53. The van der Waals surface area contributed by atoms with Crippen LogP contribution < -0.4 is 0 Å². The summed E-state index contributed by atoms with van der Waals surface area (Å²) >= 11 is 9.40. The molecule has 3 nitrogen and oxygen atoms in total. The van der Waals surface area contributed by atoms with E-state index in [4.69, 9.17) is 11.6 Å². The van der Waals surface area contributed by atoms with Gasteiger partial charge < -0.3 is 0 Å². The Morgan fingerprint density at radius 2 is 2.06 bits per heavy atom. The maximum atomic E-state index is 6.18. The van der Waals surface area contributed by atoms with Gasteiger partial charge in [0.25, 0.3) is 0 Å². The van der Waals surface area contributed by atoms with Gasteiger partial charge in [-0.1, -0.05) is 11.6 Å². The van der Waals surface area contributed by atoms with E-state index in [1.807, 2.05) is 19.2 Å². The third-order valence-electron chi connectivity index (χ3n) is 2.78. The van der Waals surface area contributed by atoms with Gasteiger partial charge >= 0.3 is 0 Å². The molecule has 0 atom stereocenters. The first kappa shape index (κ1) is 12.4. The van der Waals surface area contributed by atoms with E-state index in [1.165, 1.54) is 12.8 Å². The molecule has 0 saturated heterocycles. The van der Waals surface area contributed by atoms with Crippen LogP contribution in [-0.2, 0) is 0 Å². The summed E-state index contributed by atoms with van der Waals surface area (Å²) in [5, 5.41) is 3.55. The molecule has 1 saturated carbocycles. The highest BCUT2D eigenvalue weighted by atomic mass is 35.5. The Kier molecular flexibility index (Phi) is 3.30. The lowest BCUT2D eigenvalue weighted by Crippen LogP contribution is -1.98. The van der Waals surface area contributed by atoms with Crippen LogP contribution in [-0.4, -0.2) is 15.0 Å². The maximum absolute atomic E-state index is 6.18. The Labute approximate surface area is 119 Å². The zero-order valence-corrected chi connectivity index (χ0v) is 12.5. The summed E-state index contributed by atoms with van der Waals surface area (Å²) in [5.41, 5.74) is 1.99. The minimum absolute atomic E-state index is 0.514. The molecule has 0 spiro atoms. The van der Waals surface area contributed by atoms with Crippen LogP contribution in [0.2, 0.25) is 5.15 Å². The lowest BCUT2D eigenvalue weighted by Gasteiger charge is -2.06. The topological polar surface area (TPSA) is 38.7 Å². The van der Waals surface area contributed by atoms with Crippen molar-refractivity contribution in [3.05, 3.63) is 27.6 Å². The molecule has 1 aliphatic rings. The molecular formula is C12H12ClN3S2. The van der Waals surface area contributed by atoms with Crippen LogP contribution in [0.15, 0.2) is 14.7 Å². The molecule has 6 heteroatoms. The lowest BCUT2D eigenvalue weighted by atomic mass is 10.3. The smallest absolute Gasteiger partial charge is 0.156 e. The molecule has 0 unspecified atom stereocenters. The summed E-state index contributed by atoms with van der Waals surface area (Å²) in [6, 6.07) is 0. The number of halogens is 1. The summed E-state index contributed by atoms with van der Waals surface area (Å²) in [4.78, 5) is 13.4. The van der Waals surface area contributed by atoms with Gasteiger partial charge in [-0.25, -0.2) is 15.0 Å². The van der Waals surface area contributed by atoms with Crippen molar-refractivity contribution in [1.29, 1.82) is 0 Å². The van der Waals surface area contributed by atoms with Gasteiger partial charge in [-0.2, -0.15) is 0 Å². The number of hydrogen-bond donors (Lipinski definition) is 0. The van der Waals surface area contributed by atoms with E-state index in [2.05, 4.69) is 15.0 Å². The standard InChI is InChI=1S/C12H12ClN3S2/c1-6-5-17-12(14-6)18-11-7(2)9(13)15-10(16-11)8-3-4-8/h5,8H,3-4H2,1-2H3. The van der Waals surface area contributed by atoms with Gasteiger partial charge in [-0.15, -0.1) is 11.3 Å². The van der Waals surface area contributed by atoms with Crippen LogP contribution in [0.4, 0.5) is 0 Å². The van der Waals surface area contributed by atoms with Crippen molar-refractivity contribution in [3.8, 4) is 0 Å². The monoisotopic (exact) mass is 297 g/mol. The Hall–Kier alpha value is -0.650. The van der Waals surface area contributed by atoms with Crippen LogP contribution in [0.3, 0.4) is 0 Å². The number of thiazole rings is 1. The van der Waals surface area contributed by atoms with Crippen molar-refractivity contribution < 1.29 is 0 Å². The number of nitrogens with zero attached hydrogens (tertiary/aromatic N) is 3. The van der Waals surface area contributed by atoms with Gasteiger partial charge in [0.05, 0.1) is 0 Å². The Bertz CT molecular complexity index is 593. The quantitative estimate of drug-likeness (QED) is 0.795. The number of aromatic nitrogens is 3. The number of aryl methyl sites for hydroxylation is 1. The van der Waals surface area contributed by atoms with E-state index >= 15 is 0 Å². The van der Waals surface area contributed by atoms with E-state index in [1.54, 1.807) is 23.1 Å². The summed E-state index contributed by atoms with van der Waals surface area (Å²) in [7, 11) is 0. The molecule has 0 aliphatic heterocycles. The first-order valence-corrected chi connectivity index (χ1v) is 7.85. The molecular weight excluding hydrogens is 286 g/mol. The Balaban J connectivity index is 1.94. The van der Waals surface area contributed by atoms with E-state index in [-0.39, 0.29) is 0 Å². The van der Waals surface area contributed by atoms with E-state index < -0.39 is 0 Å². The molecule has 2 aromatic rings. The predicted octanol–water partition coefficient (Wildman–Crippen LogP) is 4.23. The van der Waals surface area contributed by atoms with Gasteiger partial charge in [0.2, 0.25) is 0 Å².